The van der Waals surface area contributed by atoms with E-state index in [4.69, 9.17) is 9.47 Å². The highest BCUT2D eigenvalue weighted by atomic mass is 16.5. The first kappa shape index (κ1) is 21.9. The number of piperidine rings is 1. The molecule has 3 rings (SSSR count). The fourth-order valence-electron chi connectivity index (χ4n) is 3.63. The van der Waals surface area contributed by atoms with Gasteiger partial charge in [-0.3, -0.25) is 9.59 Å². The first-order valence-electron chi connectivity index (χ1n) is 10.5. The maximum atomic E-state index is 12.7. The van der Waals surface area contributed by atoms with E-state index in [1.54, 1.807) is 0 Å². The number of amides is 1. The third-order valence-corrected chi connectivity index (χ3v) is 5.64. The molecule has 1 aliphatic rings. The Balaban J connectivity index is 1.52. The summed E-state index contributed by atoms with van der Waals surface area (Å²) in [6.45, 7) is 8.17. The van der Waals surface area contributed by atoms with Gasteiger partial charge in [0.15, 0.2) is 0 Å². The molecule has 0 N–H and O–H groups in total. The SMILES string of the molecule is COC(=O)C1CCN(C(=O)c2ccc(COc3ccc(C(C)(C)C)cc3)cc2)CC1. The fraction of sp³-hybridized carbons (Fsp3) is 0.440. The van der Waals surface area contributed by atoms with E-state index in [1.807, 2.05) is 41.3 Å². The average molecular weight is 410 g/mol. The van der Waals surface area contributed by atoms with Crippen LogP contribution in [0.5, 0.6) is 5.75 Å². The normalized spacial score (nSPS) is 15.0. The van der Waals surface area contributed by atoms with Crippen molar-refractivity contribution in [3.8, 4) is 5.75 Å². The predicted molar refractivity (Wildman–Crippen MR) is 117 cm³/mol. The van der Waals surface area contributed by atoms with Crippen molar-refractivity contribution in [2.45, 2.75) is 45.6 Å². The summed E-state index contributed by atoms with van der Waals surface area (Å²) in [6, 6.07) is 15.7. The summed E-state index contributed by atoms with van der Waals surface area (Å²) in [5.41, 5.74) is 3.06. The maximum Gasteiger partial charge on any atom is 0.308 e. The Kier molecular flexibility index (Phi) is 6.80. The van der Waals surface area contributed by atoms with Gasteiger partial charge in [0.05, 0.1) is 13.0 Å². The smallest absolute Gasteiger partial charge is 0.308 e. The van der Waals surface area contributed by atoms with Crippen LogP contribution in [0, 0.1) is 5.92 Å². The molecular weight excluding hydrogens is 378 g/mol. The van der Waals surface area contributed by atoms with Gasteiger partial charge in [-0.2, -0.15) is 0 Å². The second-order valence-corrected chi connectivity index (χ2v) is 8.85. The van der Waals surface area contributed by atoms with E-state index in [1.165, 1.54) is 12.7 Å². The third kappa shape index (κ3) is 5.41. The minimum Gasteiger partial charge on any atom is -0.489 e. The zero-order chi connectivity index (χ0) is 21.7. The number of hydrogen-bond acceptors (Lipinski definition) is 4. The van der Waals surface area contributed by atoms with Crippen molar-refractivity contribution in [2.24, 2.45) is 5.92 Å². The Bertz CT molecular complexity index is 858. The van der Waals surface area contributed by atoms with Gasteiger partial charge in [0.1, 0.15) is 12.4 Å². The van der Waals surface area contributed by atoms with Crippen LogP contribution in [-0.2, 0) is 21.6 Å². The van der Waals surface area contributed by atoms with Crippen LogP contribution >= 0.6 is 0 Å². The number of ether oxygens (including phenoxy) is 2. The number of hydrogen-bond donors (Lipinski definition) is 0. The van der Waals surface area contributed by atoms with Crippen molar-refractivity contribution in [1.29, 1.82) is 0 Å². The van der Waals surface area contributed by atoms with Gasteiger partial charge in [0.25, 0.3) is 5.91 Å². The molecule has 1 aliphatic heterocycles. The van der Waals surface area contributed by atoms with Gasteiger partial charge in [0, 0.05) is 18.7 Å². The van der Waals surface area contributed by atoms with Crippen LogP contribution in [0.25, 0.3) is 0 Å². The Morgan fingerprint density at radius 1 is 0.967 bits per heavy atom. The molecular formula is C25H31NO4. The average Bonchev–Trinajstić information content (AvgIpc) is 2.77. The molecule has 0 atom stereocenters. The molecule has 0 radical (unpaired) electrons. The summed E-state index contributed by atoms with van der Waals surface area (Å²) in [7, 11) is 1.41. The molecule has 2 aromatic carbocycles. The van der Waals surface area contributed by atoms with E-state index in [-0.39, 0.29) is 23.2 Å². The lowest BCUT2D eigenvalue weighted by molar-refractivity contribution is -0.146. The molecule has 0 unspecified atom stereocenters. The molecule has 0 saturated carbocycles. The summed E-state index contributed by atoms with van der Waals surface area (Å²) in [5, 5.41) is 0. The summed E-state index contributed by atoms with van der Waals surface area (Å²) in [5.74, 6) is 0.552. The molecule has 0 bridgehead atoms. The lowest BCUT2D eigenvalue weighted by atomic mass is 9.87. The minimum atomic E-state index is -0.181. The molecule has 5 heteroatoms. The van der Waals surface area contributed by atoms with Gasteiger partial charge >= 0.3 is 5.97 Å². The van der Waals surface area contributed by atoms with Gasteiger partial charge in [-0.1, -0.05) is 45.0 Å². The second-order valence-electron chi connectivity index (χ2n) is 8.85. The first-order chi connectivity index (χ1) is 14.3. The van der Waals surface area contributed by atoms with Crippen LogP contribution in [0.15, 0.2) is 48.5 Å². The van der Waals surface area contributed by atoms with Crippen LogP contribution in [-0.4, -0.2) is 37.0 Å². The maximum absolute atomic E-state index is 12.7. The topological polar surface area (TPSA) is 55.8 Å². The standard InChI is InChI=1S/C25H31NO4/c1-25(2,3)21-9-11-22(12-10-21)30-17-18-5-7-19(8-6-18)23(27)26-15-13-20(14-16-26)24(28)29-4/h5-12,20H,13-17H2,1-4H3. The Morgan fingerprint density at radius 2 is 1.57 bits per heavy atom. The van der Waals surface area contributed by atoms with Crippen LogP contribution in [0.1, 0.15) is 55.1 Å². The molecule has 5 nitrogen and oxygen atoms in total. The first-order valence-corrected chi connectivity index (χ1v) is 10.5. The van der Waals surface area contributed by atoms with Crippen LogP contribution in [0.3, 0.4) is 0 Å². The summed E-state index contributed by atoms with van der Waals surface area (Å²) < 4.78 is 10.7. The molecule has 2 aromatic rings. The van der Waals surface area contributed by atoms with Gasteiger partial charge in [-0.25, -0.2) is 0 Å². The molecule has 160 valence electrons. The van der Waals surface area contributed by atoms with E-state index in [9.17, 15) is 9.59 Å². The van der Waals surface area contributed by atoms with E-state index in [0.717, 1.165) is 11.3 Å². The molecule has 1 amide bonds. The highest BCUT2D eigenvalue weighted by Crippen LogP contribution is 2.25. The number of benzene rings is 2. The lowest BCUT2D eigenvalue weighted by Gasteiger charge is -2.30. The van der Waals surface area contributed by atoms with Gasteiger partial charge in [-0.15, -0.1) is 0 Å². The lowest BCUT2D eigenvalue weighted by Crippen LogP contribution is -2.40. The fourth-order valence-corrected chi connectivity index (χ4v) is 3.63. The molecule has 1 heterocycles. The van der Waals surface area contributed by atoms with Crippen molar-refractivity contribution in [3.63, 3.8) is 0 Å². The van der Waals surface area contributed by atoms with E-state index in [2.05, 4.69) is 32.9 Å². The van der Waals surface area contributed by atoms with Crippen LogP contribution in [0.2, 0.25) is 0 Å². The Morgan fingerprint density at radius 3 is 2.10 bits per heavy atom. The van der Waals surface area contributed by atoms with Crippen molar-refractivity contribution in [1.82, 2.24) is 4.90 Å². The van der Waals surface area contributed by atoms with Gasteiger partial charge < -0.3 is 14.4 Å². The van der Waals surface area contributed by atoms with E-state index in [0.29, 0.717) is 38.1 Å². The van der Waals surface area contributed by atoms with E-state index >= 15 is 0 Å². The number of methoxy groups -OCH3 is 1. The number of nitrogens with zero attached hydrogens (tertiary/aromatic N) is 1. The molecule has 0 spiro atoms. The zero-order valence-corrected chi connectivity index (χ0v) is 18.3. The number of carbonyl (C=O) groups is 2. The minimum absolute atomic E-state index is 0.00329. The summed E-state index contributed by atoms with van der Waals surface area (Å²) >= 11 is 0. The van der Waals surface area contributed by atoms with E-state index < -0.39 is 0 Å². The molecule has 0 aromatic heterocycles. The monoisotopic (exact) mass is 409 g/mol. The van der Waals surface area contributed by atoms with Crippen LogP contribution in [0.4, 0.5) is 0 Å². The van der Waals surface area contributed by atoms with Crippen molar-refractivity contribution < 1.29 is 19.1 Å². The van der Waals surface area contributed by atoms with Crippen LogP contribution < -0.4 is 4.74 Å². The highest BCUT2D eigenvalue weighted by Gasteiger charge is 2.28. The van der Waals surface area contributed by atoms with Gasteiger partial charge in [-0.05, 0) is 53.6 Å². The van der Waals surface area contributed by atoms with Gasteiger partial charge in [0.2, 0.25) is 0 Å². The Hall–Kier alpha value is -2.82. The summed E-state index contributed by atoms with van der Waals surface area (Å²) in [6.07, 6.45) is 1.30. The van der Waals surface area contributed by atoms with Crippen molar-refractivity contribution in [3.05, 3.63) is 65.2 Å². The summed E-state index contributed by atoms with van der Waals surface area (Å²) in [4.78, 5) is 26.2. The zero-order valence-electron chi connectivity index (χ0n) is 18.3. The predicted octanol–water partition coefficient (Wildman–Crippen LogP) is 4.59. The van der Waals surface area contributed by atoms with Crippen molar-refractivity contribution >= 4 is 11.9 Å². The Labute approximate surface area is 179 Å². The largest absolute Gasteiger partial charge is 0.489 e. The van der Waals surface area contributed by atoms with Crippen molar-refractivity contribution in [2.75, 3.05) is 20.2 Å². The number of rotatable bonds is 5. The molecule has 0 aliphatic carbocycles. The quantitative estimate of drug-likeness (QED) is 0.678. The second kappa shape index (κ2) is 9.33. The molecule has 1 saturated heterocycles. The number of likely N-dealkylation sites (tertiary alicyclic amines) is 1. The molecule has 30 heavy (non-hydrogen) atoms. The number of carbonyl (C=O) groups excluding carboxylic acids is 2. The number of esters is 1. The third-order valence-electron chi connectivity index (χ3n) is 5.64. The molecule has 1 fully saturated rings. The highest BCUT2D eigenvalue weighted by molar-refractivity contribution is 5.94.